The molecule has 1 N–H and O–H groups in total. The van der Waals surface area contributed by atoms with Gasteiger partial charge in [0.2, 0.25) is 11.8 Å². The number of carbonyl (C=O) groups excluding carboxylic acids is 5. The highest BCUT2D eigenvalue weighted by Crippen LogP contribution is 2.31. The smallest absolute Gasteiger partial charge is 0.262 e. The van der Waals surface area contributed by atoms with Crippen molar-refractivity contribution in [1.82, 2.24) is 15.1 Å². The lowest BCUT2D eigenvalue weighted by Crippen LogP contribution is -2.54. The fourth-order valence-electron chi connectivity index (χ4n) is 4.33. The zero-order chi connectivity index (χ0) is 24.1. The van der Waals surface area contributed by atoms with Gasteiger partial charge in [0, 0.05) is 44.7 Å². The first-order valence-electron chi connectivity index (χ1n) is 11.3. The fourth-order valence-corrected chi connectivity index (χ4v) is 4.33. The van der Waals surface area contributed by atoms with Crippen LogP contribution in [0.1, 0.15) is 40.0 Å². The Hall–Kier alpha value is -3.55. The highest BCUT2D eigenvalue weighted by molar-refractivity contribution is 6.23. The highest BCUT2D eigenvalue weighted by atomic mass is 16.5. The van der Waals surface area contributed by atoms with E-state index < -0.39 is 29.7 Å². The van der Waals surface area contributed by atoms with E-state index in [1.54, 1.807) is 12.1 Å². The Morgan fingerprint density at radius 2 is 1.79 bits per heavy atom. The minimum Gasteiger partial charge on any atom is -0.373 e. The summed E-state index contributed by atoms with van der Waals surface area (Å²) in [4.78, 5) is 65.1. The minimum absolute atomic E-state index is 0.0949. The molecule has 1 aromatic carbocycles. The molecule has 2 fully saturated rings. The second-order valence-electron chi connectivity index (χ2n) is 8.29. The molecule has 4 rings (SSSR count). The second-order valence-corrected chi connectivity index (χ2v) is 8.29. The molecule has 0 saturated carbocycles. The second kappa shape index (κ2) is 10.6. The maximum absolute atomic E-state index is 13.0. The van der Waals surface area contributed by atoms with E-state index in [4.69, 9.17) is 4.74 Å². The first-order chi connectivity index (χ1) is 16.5. The predicted molar refractivity (Wildman–Crippen MR) is 121 cm³/mol. The quantitative estimate of drug-likeness (QED) is 0.255. The largest absolute Gasteiger partial charge is 0.373 e. The van der Waals surface area contributed by atoms with Crippen LogP contribution in [0.25, 0.3) is 0 Å². The van der Waals surface area contributed by atoms with Crippen molar-refractivity contribution in [3.63, 3.8) is 0 Å². The van der Waals surface area contributed by atoms with Crippen molar-refractivity contribution in [1.29, 1.82) is 0 Å². The molecule has 0 radical (unpaired) electrons. The molecule has 178 valence electrons. The summed E-state index contributed by atoms with van der Waals surface area (Å²) in [6.45, 7) is 4.32. The van der Waals surface area contributed by atoms with E-state index in [-0.39, 0.29) is 30.6 Å². The molecule has 0 spiro atoms. The number of fused-ring (bicyclic) bond motifs is 1. The van der Waals surface area contributed by atoms with Crippen molar-refractivity contribution < 1.29 is 28.7 Å². The molecule has 10 nitrogen and oxygen atoms in total. The summed E-state index contributed by atoms with van der Waals surface area (Å²) in [5.74, 6) is 4.16. The van der Waals surface area contributed by atoms with Gasteiger partial charge in [-0.15, -0.1) is 0 Å². The number of piperidine rings is 1. The van der Waals surface area contributed by atoms with Crippen molar-refractivity contribution in [2.45, 2.75) is 25.3 Å². The Morgan fingerprint density at radius 1 is 1.03 bits per heavy atom. The van der Waals surface area contributed by atoms with Gasteiger partial charge in [-0.3, -0.25) is 34.3 Å². The highest BCUT2D eigenvalue weighted by Gasteiger charge is 2.44. The van der Waals surface area contributed by atoms with Crippen LogP contribution in [0.2, 0.25) is 0 Å². The average molecular weight is 466 g/mol. The Labute approximate surface area is 197 Å². The molecule has 1 unspecified atom stereocenters. The lowest BCUT2D eigenvalue weighted by Gasteiger charge is -2.35. The molecular formula is C24H26N4O6. The number of piperazine rings is 1. The van der Waals surface area contributed by atoms with Crippen molar-refractivity contribution in [3.8, 4) is 11.8 Å². The topological polar surface area (TPSA) is 116 Å². The summed E-state index contributed by atoms with van der Waals surface area (Å²) in [6.07, 6.45) is 1.54. The van der Waals surface area contributed by atoms with Crippen LogP contribution in [0.15, 0.2) is 18.2 Å². The van der Waals surface area contributed by atoms with Crippen molar-refractivity contribution in [2.75, 3.05) is 50.8 Å². The number of rotatable bonds is 7. The van der Waals surface area contributed by atoms with Gasteiger partial charge in [-0.1, -0.05) is 11.8 Å². The normalized spacial score (nSPS) is 20.6. The number of imide groups is 2. The van der Waals surface area contributed by atoms with Gasteiger partial charge in [0.1, 0.15) is 18.9 Å². The Bertz CT molecular complexity index is 1070. The van der Waals surface area contributed by atoms with Crippen LogP contribution in [0.3, 0.4) is 0 Å². The molecule has 1 atom stereocenters. The van der Waals surface area contributed by atoms with Gasteiger partial charge in [0.15, 0.2) is 0 Å². The van der Waals surface area contributed by atoms with E-state index in [9.17, 15) is 24.0 Å². The van der Waals surface area contributed by atoms with Crippen LogP contribution in [-0.4, -0.2) is 91.7 Å². The average Bonchev–Trinajstić information content (AvgIpc) is 3.08. The number of nitrogens with one attached hydrogen (secondary N) is 1. The van der Waals surface area contributed by atoms with Gasteiger partial charge in [-0.2, -0.15) is 0 Å². The number of hydrogen-bond acceptors (Lipinski definition) is 8. The number of nitrogens with zero attached hydrogens (tertiary/aromatic N) is 3. The van der Waals surface area contributed by atoms with Crippen molar-refractivity contribution in [3.05, 3.63) is 29.3 Å². The molecule has 3 aliphatic rings. The third kappa shape index (κ3) is 5.00. The van der Waals surface area contributed by atoms with Gasteiger partial charge in [0.25, 0.3) is 11.8 Å². The van der Waals surface area contributed by atoms with Crippen LogP contribution < -0.4 is 10.2 Å². The standard InChI is InChI=1S/C24H26N4O6/c29-13-15-34-14-3-1-2-8-26-9-11-27(12-10-26)17-4-5-18-19(16-17)24(33)28(23(18)32)20-6-7-21(30)25-22(20)31/h4-5,13,16,20H,3,6-12,14-15H2,(H,25,30,31). The Morgan fingerprint density at radius 3 is 2.53 bits per heavy atom. The molecule has 1 aromatic rings. The van der Waals surface area contributed by atoms with E-state index in [0.717, 1.165) is 43.1 Å². The maximum atomic E-state index is 13.0. The molecule has 34 heavy (non-hydrogen) atoms. The molecule has 0 aliphatic carbocycles. The van der Waals surface area contributed by atoms with Crippen LogP contribution in [0.5, 0.6) is 0 Å². The molecule has 3 aliphatic heterocycles. The zero-order valence-electron chi connectivity index (χ0n) is 18.7. The molecule has 10 heteroatoms. The number of hydrogen-bond donors (Lipinski definition) is 1. The minimum atomic E-state index is -0.963. The summed E-state index contributed by atoms with van der Waals surface area (Å²) in [5.41, 5.74) is 1.42. The van der Waals surface area contributed by atoms with Crippen molar-refractivity contribution in [2.24, 2.45) is 0 Å². The van der Waals surface area contributed by atoms with Crippen LogP contribution >= 0.6 is 0 Å². The molecule has 0 aromatic heterocycles. The lowest BCUT2D eigenvalue weighted by atomic mass is 10.0. The van der Waals surface area contributed by atoms with Gasteiger partial charge in [-0.05, 0) is 24.6 Å². The van der Waals surface area contributed by atoms with Crippen LogP contribution in [0, 0.1) is 11.8 Å². The third-order valence-electron chi connectivity index (χ3n) is 6.15. The SMILES string of the molecule is O=CCOCCC#CCN1CCN(c2ccc3c(c2)C(=O)N(C2CCC(=O)NC2=O)C3=O)CC1. The molecule has 3 heterocycles. The summed E-state index contributed by atoms with van der Waals surface area (Å²) < 4.78 is 5.06. The van der Waals surface area contributed by atoms with Crippen molar-refractivity contribution >= 4 is 35.6 Å². The van der Waals surface area contributed by atoms with E-state index in [1.807, 2.05) is 6.07 Å². The number of benzene rings is 1. The monoisotopic (exact) mass is 466 g/mol. The summed E-state index contributed by atoms with van der Waals surface area (Å²) in [7, 11) is 0. The Kier molecular flexibility index (Phi) is 7.35. The Balaban J connectivity index is 1.34. The molecule has 4 amide bonds. The van der Waals surface area contributed by atoms with Gasteiger partial charge >= 0.3 is 0 Å². The van der Waals surface area contributed by atoms with Gasteiger partial charge in [-0.25, -0.2) is 0 Å². The van der Waals surface area contributed by atoms with E-state index in [1.165, 1.54) is 0 Å². The van der Waals surface area contributed by atoms with E-state index in [0.29, 0.717) is 19.6 Å². The maximum Gasteiger partial charge on any atom is 0.262 e. The van der Waals surface area contributed by atoms with Crippen LogP contribution in [0.4, 0.5) is 5.69 Å². The molecular weight excluding hydrogens is 440 g/mol. The first kappa shape index (κ1) is 23.6. The molecule has 0 bridgehead atoms. The number of amides is 4. The lowest BCUT2D eigenvalue weighted by molar-refractivity contribution is -0.136. The third-order valence-corrected chi connectivity index (χ3v) is 6.15. The number of carbonyl (C=O) groups is 5. The fraction of sp³-hybridized carbons (Fsp3) is 0.458. The van der Waals surface area contributed by atoms with E-state index >= 15 is 0 Å². The zero-order valence-corrected chi connectivity index (χ0v) is 18.7. The van der Waals surface area contributed by atoms with Gasteiger partial charge < -0.3 is 14.4 Å². The summed E-state index contributed by atoms with van der Waals surface area (Å²) in [6, 6.07) is 4.22. The first-order valence-corrected chi connectivity index (χ1v) is 11.3. The van der Waals surface area contributed by atoms with E-state index in [2.05, 4.69) is 27.0 Å². The summed E-state index contributed by atoms with van der Waals surface area (Å²) in [5, 5.41) is 2.21. The van der Waals surface area contributed by atoms with Crippen LogP contribution in [-0.2, 0) is 19.1 Å². The summed E-state index contributed by atoms with van der Waals surface area (Å²) >= 11 is 0. The molecule has 2 saturated heterocycles. The number of anilines is 1. The van der Waals surface area contributed by atoms with Gasteiger partial charge in [0.05, 0.1) is 24.3 Å². The predicted octanol–water partition coefficient (Wildman–Crippen LogP) is -0.181. The number of aldehydes is 1. The number of ether oxygens (including phenoxy) is 1.